The predicted octanol–water partition coefficient (Wildman–Crippen LogP) is 4.54. The van der Waals surface area contributed by atoms with Crippen LogP contribution in [0.2, 0.25) is 0 Å². The highest BCUT2D eigenvalue weighted by atomic mass is 32.1. The largest absolute Gasteiger partial charge is 0.493 e. The summed E-state index contributed by atoms with van der Waals surface area (Å²) in [5.74, 6) is 1.68. The maximum Gasteiger partial charge on any atom is 0.266 e. The highest BCUT2D eigenvalue weighted by molar-refractivity contribution is 7.14. The SMILES string of the molecule is COc1ccc(-c2csc(NC(=O)[C@H](C)Oc3cccc(C)c3)n2)cc1OC. The number of benzene rings is 2. The molecule has 1 N–H and O–H groups in total. The topological polar surface area (TPSA) is 69.7 Å². The molecule has 1 atom stereocenters. The molecular formula is C21H22N2O4S. The quantitative estimate of drug-likeness (QED) is 0.633. The standard InChI is InChI=1S/C21H22N2O4S/c1-13-6-5-7-16(10-13)27-14(2)20(24)23-21-22-17(12-28-21)15-8-9-18(25-3)19(11-15)26-4/h5-12,14H,1-4H3,(H,22,23,24)/t14-/m0/s1. The van der Waals surface area contributed by atoms with Crippen molar-refractivity contribution in [3.05, 3.63) is 53.4 Å². The van der Waals surface area contributed by atoms with E-state index in [-0.39, 0.29) is 5.91 Å². The summed E-state index contributed by atoms with van der Waals surface area (Å²) >= 11 is 1.35. The van der Waals surface area contributed by atoms with Crippen molar-refractivity contribution in [3.8, 4) is 28.5 Å². The zero-order chi connectivity index (χ0) is 20.1. The van der Waals surface area contributed by atoms with Crippen LogP contribution in [0.1, 0.15) is 12.5 Å². The van der Waals surface area contributed by atoms with Gasteiger partial charge in [-0.15, -0.1) is 11.3 Å². The van der Waals surface area contributed by atoms with Crippen LogP contribution in [-0.2, 0) is 4.79 Å². The highest BCUT2D eigenvalue weighted by Crippen LogP contribution is 2.33. The van der Waals surface area contributed by atoms with Gasteiger partial charge in [0.15, 0.2) is 22.7 Å². The Hall–Kier alpha value is -3.06. The second kappa shape index (κ2) is 8.75. The van der Waals surface area contributed by atoms with E-state index in [0.29, 0.717) is 22.4 Å². The van der Waals surface area contributed by atoms with Gasteiger partial charge in [-0.25, -0.2) is 4.98 Å². The average molecular weight is 398 g/mol. The molecule has 0 saturated carbocycles. The van der Waals surface area contributed by atoms with E-state index in [1.807, 2.05) is 54.8 Å². The minimum Gasteiger partial charge on any atom is -0.493 e. The summed E-state index contributed by atoms with van der Waals surface area (Å²) in [6, 6.07) is 13.2. The second-order valence-electron chi connectivity index (χ2n) is 6.17. The summed E-state index contributed by atoms with van der Waals surface area (Å²) in [7, 11) is 3.18. The van der Waals surface area contributed by atoms with Crippen LogP contribution in [0.25, 0.3) is 11.3 Å². The van der Waals surface area contributed by atoms with E-state index < -0.39 is 6.10 Å². The van der Waals surface area contributed by atoms with Gasteiger partial charge in [0.25, 0.3) is 5.91 Å². The van der Waals surface area contributed by atoms with Crippen LogP contribution < -0.4 is 19.5 Å². The molecule has 0 fully saturated rings. The zero-order valence-electron chi connectivity index (χ0n) is 16.2. The molecule has 0 spiro atoms. The summed E-state index contributed by atoms with van der Waals surface area (Å²) in [5.41, 5.74) is 2.69. The third-order valence-corrected chi connectivity index (χ3v) is 4.84. The number of thiazole rings is 1. The van der Waals surface area contributed by atoms with Crippen molar-refractivity contribution in [1.82, 2.24) is 4.98 Å². The van der Waals surface area contributed by atoms with E-state index in [1.54, 1.807) is 21.1 Å². The molecule has 0 radical (unpaired) electrons. The van der Waals surface area contributed by atoms with Gasteiger partial charge in [-0.1, -0.05) is 12.1 Å². The van der Waals surface area contributed by atoms with Crippen LogP contribution in [0.15, 0.2) is 47.8 Å². The molecule has 0 aliphatic rings. The van der Waals surface area contributed by atoms with Crippen molar-refractivity contribution in [3.63, 3.8) is 0 Å². The fourth-order valence-corrected chi connectivity index (χ4v) is 3.34. The number of hydrogen-bond donors (Lipinski definition) is 1. The predicted molar refractivity (Wildman–Crippen MR) is 111 cm³/mol. The van der Waals surface area contributed by atoms with Crippen LogP contribution in [-0.4, -0.2) is 31.2 Å². The van der Waals surface area contributed by atoms with Gasteiger partial charge < -0.3 is 14.2 Å². The monoisotopic (exact) mass is 398 g/mol. The number of anilines is 1. The maximum absolute atomic E-state index is 12.4. The number of carbonyl (C=O) groups is 1. The number of methoxy groups -OCH3 is 2. The van der Waals surface area contributed by atoms with Crippen LogP contribution in [0.3, 0.4) is 0 Å². The summed E-state index contributed by atoms with van der Waals surface area (Å²) in [6.45, 7) is 3.68. The molecular weight excluding hydrogens is 376 g/mol. The zero-order valence-corrected chi connectivity index (χ0v) is 17.0. The molecule has 7 heteroatoms. The fourth-order valence-electron chi connectivity index (χ4n) is 2.61. The molecule has 1 heterocycles. The molecule has 0 saturated heterocycles. The fraction of sp³-hybridized carbons (Fsp3) is 0.238. The van der Waals surface area contributed by atoms with Crippen molar-refractivity contribution >= 4 is 22.4 Å². The number of rotatable bonds is 7. The summed E-state index contributed by atoms with van der Waals surface area (Å²) in [6.07, 6.45) is -0.643. The van der Waals surface area contributed by atoms with Gasteiger partial charge in [0.2, 0.25) is 0 Å². The molecule has 0 unspecified atom stereocenters. The van der Waals surface area contributed by atoms with E-state index in [9.17, 15) is 4.79 Å². The first-order chi connectivity index (χ1) is 13.5. The molecule has 1 amide bonds. The number of ether oxygens (including phenoxy) is 3. The molecule has 3 aromatic rings. The number of carbonyl (C=O) groups excluding carboxylic acids is 1. The number of aryl methyl sites for hydroxylation is 1. The normalized spacial score (nSPS) is 11.6. The molecule has 1 aromatic heterocycles. The van der Waals surface area contributed by atoms with Gasteiger partial charge >= 0.3 is 0 Å². The first kappa shape index (κ1) is 19.7. The lowest BCUT2D eigenvalue weighted by molar-refractivity contribution is -0.122. The van der Waals surface area contributed by atoms with Crippen molar-refractivity contribution in [1.29, 1.82) is 0 Å². The Kier molecular flexibility index (Phi) is 6.16. The van der Waals surface area contributed by atoms with E-state index >= 15 is 0 Å². The molecule has 0 bridgehead atoms. The lowest BCUT2D eigenvalue weighted by atomic mass is 10.1. The smallest absolute Gasteiger partial charge is 0.266 e. The van der Waals surface area contributed by atoms with Crippen molar-refractivity contribution < 1.29 is 19.0 Å². The molecule has 2 aromatic carbocycles. The Morgan fingerprint density at radius 3 is 2.61 bits per heavy atom. The van der Waals surface area contributed by atoms with Crippen LogP contribution >= 0.6 is 11.3 Å². The van der Waals surface area contributed by atoms with Crippen LogP contribution in [0, 0.1) is 6.92 Å². The van der Waals surface area contributed by atoms with Gasteiger partial charge in [-0.3, -0.25) is 10.1 Å². The van der Waals surface area contributed by atoms with Gasteiger partial charge in [-0.2, -0.15) is 0 Å². The van der Waals surface area contributed by atoms with Gasteiger partial charge in [0.05, 0.1) is 19.9 Å². The summed E-state index contributed by atoms with van der Waals surface area (Å²) in [5, 5.41) is 5.19. The Morgan fingerprint density at radius 1 is 1.11 bits per heavy atom. The first-order valence-corrected chi connectivity index (χ1v) is 9.60. The van der Waals surface area contributed by atoms with E-state index in [1.165, 1.54) is 11.3 Å². The lowest BCUT2D eigenvalue weighted by Crippen LogP contribution is -2.30. The molecule has 6 nitrogen and oxygen atoms in total. The molecule has 0 aliphatic heterocycles. The maximum atomic E-state index is 12.4. The number of aromatic nitrogens is 1. The van der Waals surface area contributed by atoms with Gasteiger partial charge in [0.1, 0.15) is 5.75 Å². The van der Waals surface area contributed by atoms with Crippen molar-refractivity contribution in [2.45, 2.75) is 20.0 Å². The minimum atomic E-state index is -0.643. The Labute approximate surface area is 168 Å². The summed E-state index contributed by atoms with van der Waals surface area (Å²) in [4.78, 5) is 16.9. The highest BCUT2D eigenvalue weighted by Gasteiger charge is 2.17. The third-order valence-electron chi connectivity index (χ3n) is 4.09. The van der Waals surface area contributed by atoms with Gasteiger partial charge in [0, 0.05) is 10.9 Å². The Balaban J connectivity index is 1.67. The van der Waals surface area contributed by atoms with Crippen LogP contribution in [0.5, 0.6) is 17.2 Å². The van der Waals surface area contributed by atoms with E-state index in [2.05, 4.69) is 10.3 Å². The third kappa shape index (κ3) is 4.61. The molecule has 3 rings (SSSR count). The molecule has 28 heavy (non-hydrogen) atoms. The molecule has 0 aliphatic carbocycles. The number of nitrogens with one attached hydrogen (secondary N) is 1. The van der Waals surface area contributed by atoms with Crippen molar-refractivity contribution in [2.24, 2.45) is 0 Å². The van der Waals surface area contributed by atoms with Gasteiger partial charge in [-0.05, 0) is 49.7 Å². The van der Waals surface area contributed by atoms with Crippen molar-refractivity contribution in [2.75, 3.05) is 19.5 Å². The molecule has 146 valence electrons. The van der Waals surface area contributed by atoms with E-state index in [4.69, 9.17) is 14.2 Å². The second-order valence-corrected chi connectivity index (χ2v) is 7.03. The number of amides is 1. The Morgan fingerprint density at radius 2 is 1.89 bits per heavy atom. The van der Waals surface area contributed by atoms with E-state index in [0.717, 1.165) is 16.8 Å². The van der Waals surface area contributed by atoms with Crippen LogP contribution in [0.4, 0.5) is 5.13 Å². The number of hydrogen-bond acceptors (Lipinski definition) is 6. The first-order valence-electron chi connectivity index (χ1n) is 8.72. The Bertz CT molecular complexity index is 971. The average Bonchev–Trinajstić information content (AvgIpc) is 3.15. The minimum absolute atomic E-state index is 0.255. The summed E-state index contributed by atoms with van der Waals surface area (Å²) < 4.78 is 16.3. The lowest BCUT2D eigenvalue weighted by Gasteiger charge is -2.14. The number of nitrogens with zero attached hydrogens (tertiary/aromatic N) is 1.